The van der Waals surface area contributed by atoms with E-state index in [9.17, 15) is 4.79 Å². The summed E-state index contributed by atoms with van der Waals surface area (Å²) < 4.78 is 5.15. The number of aldehydes is 1. The second-order valence-corrected chi connectivity index (χ2v) is 4.36. The van der Waals surface area contributed by atoms with Crippen LogP contribution < -0.4 is 0 Å². The lowest BCUT2D eigenvalue weighted by molar-refractivity contribution is -0.110. The predicted octanol–water partition coefficient (Wildman–Crippen LogP) is 2.42. The van der Waals surface area contributed by atoms with Gasteiger partial charge in [0.1, 0.15) is 6.29 Å². The van der Waals surface area contributed by atoms with E-state index in [0.717, 1.165) is 19.1 Å². The van der Waals surface area contributed by atoms with E-state index in [-0.39, 0.29) is 6.10 Å². The maximum atomic E-state index is 10.2. The van der Waals surface area contributed by atoms with E-state index in [2.05, 4.69) is 20.8 Å². The first-order valence-electron chi connectivity index (χ1n) is 4.46. The minimum atomic E-state index is 0.113. The molecule has 0 radical (unpaired) electrons. The highest BCUT2D eigenvalue weighted by Crippen LogP contribution is 2.22. The van der Waals surface area contributed by atoms with E-state index >= 15 is 0 Å². The van der Waals surface area contributed by atoms with Gasteiger partial charge in [-0.1, -0.05) is 20.8 Å². The molecule has 0 fully saturated rings. The van der Waals surface area contributed by atoms with Gasteiger partial charge in [0.2, 0.25) is 0 Å². The normalized spacial score (nSPS) is 14.3. The van der Waals surface area contributed by atoms with Crippen molar-refractivity contribution in [3.63, 3.8) is 0 Å². The van der Waals surface area contributed by atoms with Gasteiger partial charge in [-0.25, -0.2) is 0 Å². The van der Waals surface area contributed by atoms with Crippen molar-refractivity contribution in [1.82, 2.24) is 0 Å². The smallest absolute Gasteiger partial charge is 0.122 e. The van der Waals surface area contributed by atoms with Gasteiger partial charge < -0.3 is 9.53 Å². The van der Waals surface area contributed by atoms with Crippen LogP contribution in [0.4, 0.5) is 0 Å². The Bertz CT molecular complexity index is 124. The van der Waals surface area contributed by atoms with Crippen molar-refractivity contribution in [3.8, 4) is 0 Å². The third-order valence-corrected chi connectivity index (χ3v) is 1.91. The lowest BCUT2D eigenvalue weighted by Crippen LogP contribution is -2.15. The molecule has 12 heavy (non-hydrogen) atoms. The molecule has 0 aromatic carbocycles. The zero-order chi connectivity index (χ0) is 9.61. The van der Waals surface area contributed by atoms with Crippen LogP contribution in [0.1, 0.15) is 40.0 Å². The molecule has 0 N–H and O–H groups in total. The first-order chi connectivity index (χ1) is 5.49. The van der Waals surface area contributed by atoms with E-state index in [1.54, 1.807) is 7.11 Å². The molecule has 1 atom stereocenters. The van der Waals surface area contributed by atoms with Crippen molar-refractivity contribution < 1.29 is 9.53 Å². The van der Waals surface area contributed by atoms with Crippen LogP contribution in [0.2, 0.25) is 0 Å². The molecule has 0 aliphatic heterocycles. The summed E-state index contributed by atoms with van der Waals surface area (Å²) in [5.74, 6) is 0. The highest BCUT2D eigenvalue weighted by atomic mass is 16.5. The van der Waals surface area contributed by atoms with Crippen LogP contribution >= 0.6 is 0 Å². The van der Waals surface area contributed by atoms with Gasteiger partial charge in [0, 0.05) is 13.5 Å². The van der Waals surface area contributed by atoms with Crippen LogP contribution in [0.25, 0.3) is 0 Å². The molecular formula is C10H20O2. The highest BCUT2D eigenvalue weighted by molar-refractivity contribution is 5.50. The van der Waals surface area contributed by atoms with Crippen molar-refractivity contribution in [2.75, 3.05) is 7.11 Å². The summed E-state index contributed by atoms with van der Waals surface area (Å²) >= 11 is 0. The number of rotatable bonds is 5. The quantitative estimate of drug-likeness (QED) is 0.595. The number of ether oxygens (including phenoxy) is 1. The molecular weight excluding hydrogens is 152 g/mol. The molecule has 0 aliphatic rings. The first kappa shape index (κ1) is 11.6. The fourth-order valence-electron chi connectivity index (χ4n) is 1.03. The summed E-state index contributed by atoms with van der Waals surface area (Å²) in [7, 11) is 1.66. The molecule has 0 aliphatic carbocycles. The van der Waals surface area contributed by atoms with Gasteiger partial charge in [-0.2, -0.15) is 0 Å². The minimum Gasteiger partial charge on any atom is -0.381 e. The van der Waals surface area contributed by atoms with Crippen LogP contribution in [0.5, 0.6) is 0 Å². The highest BCUT2D eigenvalue weighted by Gasteiger charge is 2.14. The molecule has 72 valence electrons. The van der Waals surface area contributed by atoms with Gasteiger partial charge in [-0.15, -0.1) is 0 Å². The molecule has 0 rings (SSSR count). The lowest BCUT2D eigenvalue weighted by Gasteiger charge is -2.21. The SMILES string of the molecule is COC(CC=O)CCC(C)(C)C. The number of hydrogen-bond acceptors (Lipinski definition) is 2. The molecule has 0 heterocycles. The average Bonchev–Trinajstić information content (AvgIpc) is 1.96. The second-order valence-electron chi connectivity index (χ2n) is 4.36. The van der Waals surface area contributed by atoms with Gasteiger partial charge in [-0.05, 0) is 18.3 Å². The summed E-state index contributed by atoms with van der Waals surface area (Å²) in [4.78, 5) is 10.2. The van der Waals surface area contributed by atoms with E-state index in [1.807, 2.05) is 0 Å². The predicted molar refractivity (Wildman–Crippen MR) is 50.2 cm³/mol. The fraction of sp³-hybridized carbons (Fsp3) is 0.900. The Kier molecular flexibility index (Phi) is 5.14. The minimum absolute atomic E-state index is 0.113. The second kappa shape index (κ2) is 5.31. The van der Waals surface area contributed by atoms with E-state index in [1.165, 1.54) is 0 Å². The maximum absolute atomic E-state index is 10.2. The van der Waals surface area contributed by atoms with Crippen molar-refractivity contribution in [2.24, 2.45) is 5.41 Å². The third kappa shape index (κ3) is 6.35. The molecule has 0 bridgehead atoms. The Morgan fingerprint density at radius 1 is 1.42 bits per heavy atom. The molecule has 1 unspecified atom stereocenters. The van der Waals surface area contributed by atoms with Crippen molar-refractivity contribution >= 4 is 6.29 Å². The first-order valence-corrected chi connectivity index (χ1v) is 4.46. The standard InChI is InChI=1S/C10H20O2/c1-10(2,3)7-5-9(12-4)6-8-11/h8-9H,5-7H2,1-4H3. The van der Waals surface area contributed by atoms with Crippen LogP contribution in [-0.2, 0) is 9.53 Å². The topological polar surface area (TPSA) is 26.3 Å². The Hall–Kier alpha value is -0.370. The van der Waals surface area contributed by atoms with E-state index in [0.29, 0.717) is 11.8 Å². The molecule has 0 spiro atoms. The Morgan fingerprint density at radius 2 is 2.00 bits per heavy atom. The van der Waals surface area contributed by atoms with Gasteiger partial charge in [0.25, 0.3) is 0 Å². The van der Waals surface area contributed by atoms with Crippen LogP contribution in [-0.4, -0.2) is 19.5 Å². The Balaban J connectivity index is 3.64. The summed E-state index contributed by atoms with van der Waals surface area (Å²) in [6, 6.07) is 0. The fourth-order valence-corrected chi connectivity index (χ4v) is 1.03. The number of hydrogen-bond donors (Lipinski definition) is 0. The van der Waals surface area contributed by atoms with Crippen molar-refractivity contribution in [1.29, 1.82) is 0 Å². The Morgan fingerprint density at radius 3 is 2.33 bits per heavy atom. The molecule has 2 nitrogen and oxygen atoms in total. The van der Waals surface area contributed by atoms with Crippen molar-refractivity contribution in [3.05, 3.63) is 0 Å². The average molecular weight is 172 g/mol. The largest absolute Gasteiger partial charge is 0.381 e. The van der Waals surface area contributed by atoms with Crippen LogP contribution in [0.15, 0.2) is 0 Å². The number of carbonyl (C=O) groups excluding carboxylic acids is 1. The monoisotopic (exact) mass is 172 g/mol. The van der Waals surface area contributed by atoms with E-state index < -0.39 is 0 Å². The molecule has 0 amide bonds. The molecule has 0 saturated heterocycles. The van der Waals surface area contributed by atoms with E-state index in [4.69, 9.17) is 4.74 Å². The molecule has 2 heteroatoms. The zero-order valence-electron chi connectivity index (χ0n) is 8.59. The summed E-state index contributed by atoms with van der Waals surface area (Å²) in [5.41, 5.74) is 0.333. The lowest BCUT2D eigenvalue weighted by atomic mass is 9.89. The zero-order valence-corrected chi connectivity index (χ0v) is 8.59. The molecule has 0 saturated carbocycles. The summed E-state index contributed by atoms with van der Waals surface area (Å²) in [5, 5.41) is 0. The van der Waals surface area contributed by atoms with Crippen molar-refractivity contribution in [2.45, 2.75) is 46.1 Å². The van der Waals surface area contributed by atoms with Gasteiger partial charge in [0.05, 0.1) is 6.10 Å². The summed E-state index contributed by atoms with van der Waals surface area (Å²) in [6.07, 6.45) is 3.63. The van der Waals surface area contributed by atoms with Crippen LogP contribution in [0, 0.1) is 5.41 Å². The van der Waals surface area contributed by atoms with Gasteiger partial charge in [0.15, 0.2) is 0 Å². The maximum Gasteiger partial charge on any atom is 0.122 e. The summed E-state index contributed by atoms with van der Waals surface area (Å²) in [6.45, 7) is 6.59. The number of methoxy groups -OCH3 is 1. The van der Waals surface area contributed by atoms with Gasteiger partial charge in [-0.3, -0.25) is 0 Å². The number of carbonyl (C=O) groups is 1. The van der Waals surface area contributed by atoms with Gasteiger partial charge >= 0.3 is 0 Å². The third-order valence-electron chi connectivity index (χ3n) is 1.91. The van der Waals surface area contributed by atoms with Crippen LogP contribution in [0.3, 0.4) is 0 Å². The molecule has 0 aromatic heterocycles. The Labute approximate surface area is 75.3 Å². The molecule has 0 aromatic rings.